The molecule has 1 heterocycles. The Labute approximate surface area is 166 Å². The van der Waals surface area contributed by atoms with Crippen molar-refractivity contribution in [3.05, 3.63) is 59.1 Å². The zero-order chi connectivity index (χ0) is 19.2. The maximum Gasteiger partial charge on any atom is 0.277 e. The fourth-order valence-corrected chi connectivity index (χ4v) is 3.31. The minimum atomic E-state index is -0.185. The Morgan fingerprint density at radius 1 is 1.22 bits per heavy atom. The molecule has 0 saturated heterocycles. The van der Waals surface area contributed by atoms with E-state index in [1.807, 2.05) is 43.3 Å². The zero-order valence-corrected chi connectivity index (χ0v) is 16.4. The Kier molecular flexibility index (Phi) is 6.36. The number of para-hydroxylation sites is 1. The second-order valence-electron chi connectivity index (χ2n) is 5.67. The smallest absolute Gasteiger partial charge is 0.277 e. The van der Waals surface area contributed by atoms with E-state index in [9.17, 15) is 4.79 Å². The van der Waals surface area contributed by atoms with Crippen LogP contribution in [0.1, 0.15) is 18.5 Å². The van der Waals surface area contributed by atoms with Crippen LogP contribution in [-0.4, -0.2) is 29.0 Å². The molecule has 140 valence electrons. The second kappa shape index (κ2) is 8.92. The van der Waals surface area contributed by atoms with Crippen LogP contribution in [0.4, 0.5) is 0 Å². The molecule has 1 aromatic heterocycles. The lowest BCUT2D eigenvalue weighted by Crippen LogP contribution is -2.28. The van der Waals surface area contributed by atoms with Crippen LogP contribution in [0.2, 0.25) is 5.02 Å². The molecule has 8 heteroatoms. The number of hydrogen-bond acceptors (Lipinski definition) is 6. The maximum absolute atomic E-state index is 12.2. The van der Waals surface area contributed by atoms with Crippen molar-refractivity contribution in [1.29, 1.82) is 0 Å². The molecule has 0 bridgehead atoms. The van der Waals surface area contributed by atoms with Gasteiger partial charge in [0.2, 0.25) is 11.8 Å². The van der Waals surface area contributed by atoms with Gasteiger partial charge < -0.3 is 14.5 Å². The van der Waals surface area contributed by atoms with Gasteiger partial charge in [-0.3, -0.25) is 4.79 Å². The molecular formula is C19H18ClN3O3S. The minimum absolute atomic E-state index is 0.143. The fraction of sp³-hybridized carbons (Fsp3) is 0.211. The normalized spacial score (nSPS) is 11.8. The zero-order valence-electron chi connectivity index (χ0n) is 14.8. The first kappa shape index (κ1) is 19.3. The quantitative estimate of drug-likeness (QED) is 0.590. The molecule has 3 rings (SSSR count). The summed E-state index contributed by atoms with van der Waals surface area (Å²) < 4.78 is 10.9. The third kappa shape index (κ3) is 4.81. The third-order valence-electron chi connectivity index (χ3n) is 3.82. The number of amides is 1. The molecule has 0 fully saturated rings. The first-order chi connectivity index (χ1) is 13.1. The van der Waals surface area contributed by atoms with Gasteiger partial charge in [-0.25, -0.2) is 0 Å². The van der Waals surface area contributed by atoms with Gasteiger partial charge in [0, 0.05) is 5.56 Å². The van der Waals surface area contributed by atoms with E-state index < -0.39 is 0 Å². The highest BCUT2D eigenvalue weighted by Crippen LogP contribution is 2.29. The summed E-state index contributed by atoms with van der Waals surface area (Å²) in [4.78, 5) is 12.2. The van der Waals surface area contributed by atoms with Crippen LogP contribution in [0.3, 0.4) is 0 Å². The fourth-order valence-electron chi connectivity index (χ4n) is 2.52. The van der Waals surface area contributed by atoms with Crippen molar-refractivity contribution >= 4 is 29.3 Å². The molecule has 0 radical (unpaired) electrons. The topological polar surface area (TPSA) is 77.2 Å². The van der Waals surface area contributed by atoms with Crippen LogP contribution in [0.5, 0.6) is 5.75 Å². The summed E-state index contributed by atoms with van der Waals surface area (Å²) in [5.74, 6) is 1.07. The minimum Gasteiger partial charge on any atom is -0.496 e. The maximum atomic E-state index is 12.2. The van der Waals surface area contributed by atoms with Gasteiger partial charge in [-0.05, 0) is 25.1 Å². The van der Waals surface area contributed by atoms with E-state index in [0.29, 0.717) is 21.7 Å². The number of nitrogens with zero attached hydrogens (tertiary/aromatic N) is 2. The van der Waals surface area contributed by atoms with Gasteiger partial charge in [-0.15, -0.1) is 10.2 Å². The average Bonchev–Trinajstić information content (AvgIpc) is 3.15. The van der Waals surface area contributed by atoms with Crippen molar-refractivity contribution in [2.45, 2.75) is 18.2 Å². The summed E-state index contributed by atoms with van der Waals surface area (Å²) in [6.45, 7) is 1.91. The van der Waals surface area contributed by atoms with E-state index in [1.165, 1.54) is 11.8 Å². The highest BCUT2D eigenvalue weighted by Gasteiger charge is 2.16. The van der Waals surface area contributed by atoms with E-state index in [-0.39, 0.29) is 17.7 Å². The van der Waals surface area contributed by atoms with Gasteiger partial charge in [0.25, 0.3) is 5.22 Å². The number of carbonyl (C=O) groups is 1. The van der Waals surface area contributed by atoms with Crippen molar-refractivity contribution in [3.8, 4) is 17.2 Å². The Bertz CT molecular complexity index is 932. The number of benzene rings is 2. The Morgan fingerprint density at radius 2 is 1.96 bits per heavy atom. The lowest BCUT2D eigenvalue weighted by molar-refractivity contribution is -0.119. The Balaban J connectivity index is 1.57. The van der Waals surface area contributed by atoms with Gasteiger partial charge >= 0.3 is 0 Å². The lowest BCUT2D eigenvalue weighted by atomic mass is 10.1. The van der Waals surface area contributed by atoms with Gasteiger partial charge in [0.1, 0.15) is 5.75 Å². The summed E-state index contributed by atoms with van der Waals surface area (Å²) in [6, 6.07) is 14.6. The number of carbonyl (C=O) groups excluding carboxylic acids is 1. The number of halogens is 1. The first-order valence-corrected chi connectivity index (χ1v) is 9.58. The van der Waals surface area contributed by atoms with Gasteiger partial charge in [-0.1, -0.05) is 53.7 Å². The second-order valence-corrected chi connectivity index (χ2v) is 7.01. The highest BCUT2D eigenvalue weighted by atomic mass is 35.5. The number of rotatable bonds is 7. The molecule has 6 nitrogen and oxygen atoms in total. The van der Waals surface area contributed by atoms with Crippen LogP contribution in [0.15, 0.2) is 58.2 Å². The number of nitrogens with one attached hydrogen (secondary N) is 1. The molecule has 1 amide bonds. The molecule has 3 aromatic rings. The molecular weight excluding hydrogens is 386 g/mol. The molecule has 27 heavy (non-hydrogen) atoms. The van der Waals surface area contributed by atoms with E-state index >= 15 is 0 Å². The van der Waals surface area contributed by atoms with Crippen molar-refractivity contribution in [1.82, 2.24) is 15.5 Å². The molecule has 0 aliphatic heterocycles. The summed E-state index contributed by atoms with van der Waals surface area (Å²) in [5, 5.41) is 11.7. The van der Waals surface area contributed by atoms with Crippen LogP contribution >= 0.6 is 23.4 Å². The summed E-state index contributed by atoms with van der Waals surface area (Å²) >= 11 is 7.30. The van der Waals surface area contributed by atoms with Crippen molar-refractivity contribution < 1.29 is 13.9 Å². The summed E-state index contributed by atoms with van der Waals surface area (Å²) in [7, 11) is 1.61. The van der Waals surface area contributed by atoms with E-state index in [4.69, 9.17) is 20.8 Å². The Morgan fingerprint density at radius 3 is 2.74 bits per heavy atom. The monoisotopic (exact) mass is 403 g/mol. The standard InChI is InChI=1S/C19H18ClN3O3S/c1-12(13-7-4-6-10-16(13)25-2)21-17(24)11-27-19-23-22-18(26-19)14-8-3-5-9-15(14)20/h3-10,12H,11H2,1-2H3,(H,21,24). The number of ether oxygens (including phenoxy) is 1. The summed E-state index contributed by atoms with van der Waals surface area (Å²) in [5.41, 5.74) is 1.57. The number of hydrogen-bond donors (Lipinski definition) is 1. The molecule has 0 saturated carbocycles. The van der Waals surface area contributed by atoms with Crippen molar-refractivity contribution in [2.75, 3.05) is 12.9 Å². The largest absolute Gasteiger partial charge is 0.496 e. The number of methoxy groups -OCH3 is 1. The van der Waals surface area contributed by atoms with Crippen LogP contribution in [0.25, 0.3) is 11.5 Å². The van der Waals surface area contributed by atoms with E-state index in [2.05, 4.69) is 15.5 Å². The third-order valence-corrected chi connectivity index (χ3v) is 4.97. The molecule has 1 atom stereocenters. The molecule has 0 spiro atoms. The molecule has 2 aromatic carbocycles. The molecule has 0 aliphatic rings. The summed E-state index contributed by atoms with van der Waals surface area (Å²) in [6.07, 6.45) is 0. The SMILES string of the molecule is COc1ccccc1C(C)NC(=O)CSc1nnc(-c2ccccc2Cl)o1. The van der Waals surface area contributed by atoms with Crippen molar-refractivity contribution in [2.24, 2.45) is 0 Å². The predicted molar refractivity (Wildman–Crippen MR) is 105 cm³/mol. The predicted octanol–water partition coefficient (Wildman–Crippen LogP) is 4.37. The molecule has 1 N–H and O–H groups in total. The van der Waals surface area contributed by atoms with Crippen molar-refractivity contribution in [3.63, 3.8) is 0 Å². The van der Waals surface area contributed by atoms with E-state index in [1.54, 1.807) is 19.2 Å². The van der Waals surface area contributed by atoms with Crippen LogP contribution in [0, 0.1) is 0 Å². The molecule has 1 unspecified atom stereocenters. The number of thioether (sulfide) groups is 1. The lowest BCUT2D eigenvalue weighted by Gasteiger charge is -2.16. The number of aromatic nitrogens is 2. The molecule has 0 aliphatic carbocycles. The van der Waals surface area contributed by atoms with E-state index in [0.717, 1.165) is 11.3 Å². The van der Waals surface area contributed by atoms with Gasteiger partial charge in [-0.2, -0.15) is 0 Å². The van der Waals surface area contributed by atoms with Crippen LogP contribution in [-0.2, 0) is 4.79 Å². The van der Waals surface area contributed by atoms with Crippen LogP contribution < -0.4 is 10.1 Å². The van der Waals surface area contributed by atoms with Gasteiger partial charge in [0.15, 0.2) is 0 Å². The Hall–Kier alpha value is -2.51. The highest BCUT2D eigenvalue weighted by molar-refractivity contribution is 7.99. The average molecular weight is 404 g/mol. The van der Waals surface area contributed by atoms with Gasteiger partial charge in [0.05, 0.1) is 29.5 Å². The first-order valence-electron chi connectivity index (χ1n) is 8.22.